The highest BCUT2D eigenvalue weighted by Crippen LogP contribution is 2.33. The number of carbonyl (C=O) groups excluding carboxylic acids is 1. The summed E-state index contributed by atoms with van der Waals surface area (Å²) in [7, 11) is 0. The predicted octanol–water partition coefficient (Wildman–Crippen LogP) is 2.97. The zero-order valence-corrected chi connectivity index (χ0v) is 12.7. The minimum absolute atomic E-state index is 0.0331. The predicted molar refractivity (Wildman–Crippen MR) is 85.2 cm³/mol. The van der Waals surface area contributed by atoms with Crippen LogP contribution in [0.15, 0.2) is 30.3 Å². The van der Waals surface area contributed by atoms with Gasteiger partial charge in [0, 0.05) is 12.6 Å². The van der Waals surface area contributed by atoms with Gasteiger partial charge < -0.3 is 10.6 Å². The Labute approximate surface area is 127 Å². The molecule has 0 radical (unpaired) electrons. The topological polar surface area (TPSA) is 41.1 Å². The number of rotatable bonds is 3. The van der Waals surface area contributed by atoms with Gasteiger partial charge in [-0.15, -0.1) is 0 Å². The maximum atomic E-state index is 12.0. The third kappa shape index (κ3) is 3.85. The van der Waals surface area contributed by atoms with Crippen LogP contribution in [0.1, 0.15) is 56.4 Å². The van der Waals surface area contributed by atoms with Gasteiger partial charge in [-0.05, 0) is 56.4 Å². The molecule has 2 fully saturated rings. The summed E-state index contributed by atoms with van der Waals surface area (Å²) in [6.07, 6.45) is 8.09. The Bertz CT molecular complexity index is 452. The van der Waals surface area contributed by atoms with Gasteiger partial charge in [-0.2, -0.15) is 0 Å². The van der Waals surface area contributed by atoms with Crippen LogP contribution in [-0.4, -0.2) is 24.5 Å². The summed E-state index contributed by atoms with van der Waals surface area (Å²) in [5.74, 6) is 0.907. The molecule has 1 heterocycles. The van der Waals surface area contributed by atoms with Crippen LogP contribution >= 0.6 is 0 Å². The number of hydrogen-bond donors (Lipinski definition) is 2. The summed E-state index contributed by atoms with van der Waals surface area (Å²) in [4.78, 5) is 12.0. The molecule has 0 spiro atoms. The molecule has 0 aromatic heterocycles. The average molecular weight is 286 g/mol. The number of carbonyl (C=O) groups is 1. The van der Waals surface area contributed by atoms with Gasteiger partial charge in [0.05, 0.1) is 6.04 Å². The van der Waals surface area contributed by atoms with Gasteiger partial charge in [0.1, 0.15) is 0 Å². The highest BCUT2D eigenvalue weighted by Gasteiger charge is 2.27. The van der Waals surface area contributed by atoms with Crippen LogP contribution in [0.4, 0.5) is 0 Å². The van der Waals surface area contributed by atoms with Crippen LogP contribution in [0.3, 0.4) is 0 Å². The Kier molecular flexibility index (Phi) is 4.91. The van der Waals surface area contributed by atoms with Crippen LogP contribution < -0.4 is 10.6 Å². The Hall–Kier alpha value is -1.35. The number of hydrogen-bond acceptors (Lipinski definition) is 2. The van der Waals surface area contributed by atoms with Crippen molar-refractivity contribution in [2.24, 2.45) is 0 Å². The summed E-state index contributed by atoms with van der Waals surface area (Å²) >= 11 is 0. The van der Waals surface area contributed by atoms with Gasteiger partial charge in [-0.25, -0.2) is 0 Å². The van der Waals surface area contributed by atoms with Gasteiger partial charge in [0.2, 0.25) is 5.91 Å². The Morgan fingerprint density at radius 2 is 1.71 bits per heavy atom. The fourth-order valence-electron chi connectivity index (χ4n) is 3.70. The molecule has 1 saturated carbocycles. The first kappa shape index (κ1) is 14.6. The Balaban J connectivity index is 1.50. The number of benzene rings is 1. The van der Waals surface area contributed by atoms with Crippen LogP contribution in [0.25, 0.3) is 0 Å². The lowest BCUT2D eigenvalue weighted by molar-refractivity contribution is -0.123. The van der Waals surface area contributed by atoms with E-state index in [2.05, 4.69) is 41.0 Å². The van der Waals surface area contributed by atoms with Crippen molar-refractivity contribution in [1.29, 1.82) is 0 Å². The average Bonchev–Trinajstić information content (AvgIpc) is 2.74. The van der Waals surface area contributed by atoms with Gasteiger partial charge >= 0.3 is 0 Å². The maximum absolute atomic E-state index is 12.0. The van der Waals surface area contributed by atoms with E-state index < -0.39 is 0 Å². The molecule has 1 saturated heterocycles. The van der Waals surface area contributed by atoms with Crippen molar-refractivity contribution in [3.8, 4) is 0 Å². The first-order valence-electron chi connectivity index (χ1n) is 8.41. The van der Waals surface area contributed by atoms with Crippen molar-refractivity contribution >= 4 is 5.91 Å². The van der Waals surface area contributed by atoms with Crippen molar-refractivity contribution in [2.75, 3.05) is 6.54 Å². The summed E-state index contributed by atoms with van der Waals surface area (Å²) in [5.41, 5.74) is 1.48. The summed E-state index contributed by atoms with van der Waals surface area (Å²) in [5, 5.41) is 6.62. The fraction of sp³-hybridized carbons (Fsp3) is 0.611. The minimum Gasteiger partial charge on any atom is -0.355 e. The number of amides is 1. The lowest BCUT2D eigenvalue weighted by Crippen LogP contribution is -2.48. The van der Waals surface area contributed by atoms with Gasteiger partial charge in [0.25, 0.3) is 0 Å². The van der Waals surface area contributed by atoms with E-state index in [1.165, 1.54) is 31.2 Å². The van der Waals surface area contributed by atoms with E-state index in [0.717, 1.165) is 25.8 Å². The largest absolute Gasteiger partial charge is 0.355 e. The van der Waals surface area contributed by atoms with E-state index in [-0.39, 0.29) is 11.9 Å². The molecule has 1 aromatic carbocycles. The first-order chi connectivity index (χ1) is 10.3. The normalized spacial score (nSPS) is 30.5. The summed E-state index contributed by atoms with van der Waals surface area (Å²) < 4.78 is 0. The molecule has 2 N–H and O–H groups in total. The van der Waals surface area contributed by atoms with Gasteiger partial charge in [-0.3, -0.25) is 4.79 Å². The smallest absolute Gasteiger partial charge is 0.237 e. The zero-order valence-electron chi connectivity index (χ0n) is 12.7. The van der Waals surface area contributed by atoms with Crippen molar-refractivity contribution in [3.63, 3.8) is 0 Å². The Morgan fingerprint density at radius 3 is 2.48 bits per heavy atom. The molecule has 3 nitrogen and oxygen atoms in total. The highest BCUT2D eigenvalue weighted by molar-refractivity contribution is 5.81. The molecule has 0 bridgehead atoms. The van der Waals surface area contributed by atoms with Gasteiger partial charge in [-0.1, -0.05) is 30.3 Å². The fourth-order valence-corrected chi connectivity index (χ4v) is 3.70. The molecule has 1 amide bonds. The van der Waals surface area contributed by atoms with E-state index >= 15 is 0 Å². The Morgan fingerprint density at radius 1 is 0.952 bits per heavy atom. The van der Waals surface area contributed by atoms with E-state index in [4.69, 9.17) is 0 Å². The lowest BCUT2D eigenvalue weighted by atomic mass is 9.81. The second-order valence-electron chi connectivity index (χ2n) is 6.47. The van der Waals surface area contributed by atoms with Crippen molar-refractivity contribution < 1.29 is 4.79 Å². The molecule has 1 unspecified atom stereocenters. The monoisotopic (exact) mass is 286 g/mol. The molecule has 1 aliphatic heterocycles. The van der Waals surface area contributed by atoms with Crippen LogP contribution in [0.5, 0.6) is 0 Å². The van der Waals surface area contributed by atoms with E-state index in [1.807, 2.05) is 0 Å². The molecule has 114 valence electrons. The summed E-state index contributed by atoms with van der Waals surface area (Å²) in [6.45, 7) is 0.845. The number of nitrogens with one attached hydrogen (secondary N) is 2. The minimum atomic E-state index is 0.0331. The van der Waals surface area contributed by atoms with Crippen LogP contribution in [0, 0.1) is 0 Å². The third-order valence-electron chi connectivity index (χ3n) is 4.97. The molecule has 1 atom stereocenters. The molecule has 3 rings (SSSR count). The second kappa shape index (κ2) is 7.08. The van der Waals surface area contributed by atoms with Crippen molar-refractivity contribution in [3.05, 3.63) is 35.9 Å². The van der Waals surface area contributed by atoms with Crippen molar-refractivity contribution in [2.45, 2.75) is 62.9 Å². The third-order valence-corrected chi connectivity index (χ3v) is 4.97. The molecule has 2 aliphatic rings. The standard InChI is InChI=1S/C18H26N2O/c21-18-17(8-4-5-13-19-18)20-16-11-9-15(10-12-16)14-6-2-1-3-7-14/h1-3,6-7,15-17,20H,4-5,8-13H2,(H,19,21). The SMILES string of the molecule is O=C1NCCCCC1NC1CCC(c2ccccc2)CC1. The van der Waals surface area contributed by atoms with E-state index in [0.29, 0.717) is 12.0 Å². The maximum Gasteiger partial charge on any atom is 0.237 e. The molecule has 3 heteroatoms. The quantitative estimate of drug-likeness (QED) is 0.897. The molecule has 1 aromatic rings. The van der Waals surface area contributed by atoms with E-state index in [9.17, 15) is 4.79 Å². The lowest BCUT2D eigenvalue weighted by Gasteiger charge is -2.31. The summed E-state index contributed by atoms with van der Waals surface area (Å²) in [6, 6.07) is 11.4. The molecular formula is C18H26N2O. The second-order valence-corrected chi connectivity index (χ2v) is 6.47. The van der Waals surface area contributed by atoms with Crippen LogP contribution in [0.2, 0.25) is 0 Å². The van der Waals surface area contributed by atoms with Crippen molar-refractivity contribution in [1.82, 2.24) is 10.6 Å². The van der Waals surface area contributed by atoms with Crippen LogP contribution in [-0.2, 0) is 4.79 Å². The molecular weight excluding hydrogens is 260 g/mol. The molecule has 1 aliphatic carbocycles. The zero-order chi connectivity index (χ0) is 14.5. The van der Waals surface area contributed by atoms with Gasteiger partial charge in [0.15, 0.2) is 0 Å². The highest BCUT2D eigenvalue weighted by atomic mass is 16.2. The molecule has 21 heavy (non-hydrogen) atoms. The first-order valence-corrected chi connectivity index (χ1v) is 8.41. The van der Waals surface area contributed by atoms with E-state index in [1.54, 1.807) is 0 Å².